The fourth-order valence-electron chi connectivity index (χ4n) is 3.42. The number of pyridine rings is 1. The number of alkyl halides is 2. The maximum absolute atomic E-state index is 12.8. The second-order valence-corrected chi connectivity index (χ2v) is 6.93. The van der Waals surface area contributed by atoms with E-state index < -0.39 is 6.61 Å². The molecule has 2 aromatic heterocycles. The van der Waals surface area contributed by atoms with Gasteiger partial charge in [-0.25, -0.2) is 4.98 Å². The van der Waals surface area contributed by atoms with E-state index in [0.717, 1.165) is 27.9 Å². The van der Waals surface area contributed by atoms with Gasteiger partial charge in [-0.3, -0.25) is 4.98 Å². The van der Waals surface area contributed by atoms with Gasteiger partial charge in [-0.2, -0.15) is 8.78 Å². The zero-order valence-electron chi connectivity index (χ0n) is 16.7. The van der Waals surface area contributed by atoms with Crippen LogP contribution in [0, 0.1) is 6.92 Å². The number of aromatic nitrogens is 3. The van der Waals surface area contributed by atoms with Crippen LogP contribution in [0.2, 0.25) is 0 Å². The summed E-state index contributed by atoms with van der Waals surface area (Å²) in [4.78, 5) is 9.04. The van der Waals surface area contributed by atoms with Crippen molar-refractivity contribution in [1.82, 2.24) is 14.5 Å². The van der Waals surface area contributed by atoms with Crippen molar-refractivity contribution in [2.45, 2.75) is 26.7 Å². The third-order valence-corrected chi connectivity index (χ3v) is 4.86. The molecule has 154 valence electrons. The van der Waals surface area contributed by atoms with E-state index in [9.17, 15) is 8.78 Å². The summed E-state index contributed by atoms with van der Waals surface area (Å²) in [5.74, 6) is 0.857. The predicted molar refractivity (Wildman–Crippen MR) is 111 cm³/mol. The van der Waals surface area contributed by atoms with Crippen LogP contribution in [0.5, 0.6) is 5.75 Å². The highest BCUT2D eigenvalue weighted by molar-refractivity contribution is 5.82. The van der Waals surface area contributed by atoms with Crippen LogP contribution in [-0.4, -0.2) is 28.3 Å². The standard InChI is InChI=1S/C23H21F2N3O2/c1-15-7-8-17(12-26-15)16-9-10-19-20(11-16)28(22(27-19)14-29-2)13-18-5-3-4-6-21(18)30-23(24)25/h3-12,23H,13-14H2,1-2H3. The molecule has 7 heteroatoms. The highest BCUT2D eigenvalue weighted by Gasteiger charge is 2.15. The van der Waals surface area contributed by atoms with E-state index in [2.05, 4.69) is 9.97 Å². The Labute approximate surface area is 172 Å². The number of hydrogen-bond acceptors (Lipinski definition) is 4. The molecule has 0 fully saturated rings. The molecule has 0 saturated carbocycles. The van der Waals surface area contributed by atoms with Crippen LogP contribution >= 0.6 is 0 Å². The molecule has 0 unspecified atom stereocenters. The lowest BCUT2D eigenvalue weighted by molar-refractivity contribution is -0.0504. The first kappa shape index (κ1) is 20.0. The van der Waals surface area contributed by atoms with Gasteiger partial charge in [-0.15, -0.1) is 0 Å². The van der Waals surface area contributed by atoms with Crippen molar-refractivity contribution in [3.8, 4) is 16.9 Å². The van der Waals surface area contributed by atoms with E-state index in [0.29, 0.717) is 24.5 Å². The summed E-state index contributed by atoms with van der Waals surface area (Å²) >= 11 is 0. The van der Waals surface area contributed by atoms with E-state index in [4.69, 9.17) is 9.47 Å². The van der Waals surface area contributed by atoms with Crippen LogP contribution in [0.4, 0.5) is 8.78 Å². The van der Waals surface area contributed by atoms with Gasteiger partial charge in [0.2, 0.25) is 0 Å². The third kappa shape index (κ3) is 4.16. The Morgan fingerprint density at radius 1 is 1.03 bits per heavy atom. The summed E-state index contributed by atoms with van der Waals surface area (Å²) < 4.78 is 37.7. The first-order valence-electron chi connectivity index (χ1n) is 9.49. The van der Waals surface area contributed by atoms with Gasteiger partial charge in [0.25, 0.3) is 0 Å². The minimum absolute atomic E-state index is 0.150. The van der Waals surface area contributed by atoms with Gasteiger partial charge in [-0.05, 0) is 36.8 Å². The Hall–Kier alpha value is -3.32. The first-order valence-corrected chi connectivity index (χ1v) is 9.49. The molecule has 0 bridgehead atoms. The van der Waals surface area contributed by atoms with Crippen molar-refractivity contribution in [3.63, 3.8) is 0 Å². The van der Waals surface area contributed by atoms with Crippen molar-refractivity contribution < 1.29 is 18.3 Å². The van der Waals surface area contributed by atoms with Crippen LogP contribution in [0.3, 0.4) is 0 Å². The lowest BCUT2D eigenvalue weighted by Gasteiger charge is -2.14. The second-order valence-electron chi connectivity index (χ2n) is 6.93. The normalized spacial score (nSPS) is 11.4. The maximum Gasteiger partial charge on any atom is 0.387 e. The molecule has 0 saturated heterocycles. The maximum atomic E-state index is 12.8. The molecule has 0 aliphatic heterocycles. The molecule has 4 aromatic rings. The van der Waals surface area contributed by atoms with E-state index >= 15 is 0 Å². The summed E-state index contributed by atoms with van der Waals surface area (Å²) in [5, 5.41) is 0. The van der Waals surface area contributed by atoms with Crippen molar-refractivity contribution in [1.29, 1.82) is 0 Å². The highest BCUT2D eigenvalue weighted by Crippen LogP contribution is 2.28. The van der Waals surface area contributed by atoms with Crippen LogP contribution in [0.25, 0.3) is 22.2 Å². The Morgan fingerprint density at radius 2 is 1.83 bits per heavy atom. The zero-order chi connectivity index (χ0) is 21.1. The molecule has 5 nitrogen and oxygen atoms in total. The molecule has 0 aliphatic rings. The van der Waals surface area contributed by atoms with Gasteiger partial charge in [0.05, 0.1) is 17.6 Å². The molecule has 0 aliphatic carbocycles. The van der Waals surface area contributed by atoms with Gasteiger partial charge in [-0.1, -0.05) is 30.3 Å². The molecule has 0 N–H and O–H groups in total. The lowest BCUT2D eigenvalue weighted by Crippen LogP contribution is -2.09. The fraction of sp³-hybridized carbons (Fsp3) is 0.217. The first-order chi connectivity index (χ1) is 14.5. The van der Waals surface area contributed by atoms with Gasteiger partial charge < -0.3 is 14.0 Å². The highest BCUT2D eigenvalue weighted by atomic mass is 19.3. The quantitative estimate of drug-likeness (QED) is 0.421. The minimum Gasteiger partial charge on any atom is -0.434 e. The molecule has 0 atom stereocenters. The monoisotopic (exact) mass is 409 g/mol. The number of nitrogens with zero attached hydrogens (tertiary/aromatic N) is 3. The summed E-state index contributed by atoms with van der Waals surface area (Å²) in [6, 6.07) is 16.7. The minimum atomic E-state index is -2.88. The van der Waals surface area contributed by atoms with E-state index in [-0.39, 0.29) is 5.75 Å². The number of imidazole rings is 1. The van der Waals surface area contributed by atoms with Crippen LogP contribution in [0.1, 0.15) is 17.1 Å². The second kappa shape index (κ2) is 8.59. The van der Waals surface area contributed by atoms with Crippen molar-refractivity contribution in [2.75, 3.05) is 7.11 Å². The number of hydrogen-bond donors (Lipinski definition) is 0. The predicted octanol–water partition coefficient (Wildman–Crippen LogP) is 5.20. The number of halogens is 2. The average Bonchev–Trinajstić information content (AvgIpc) is 3.06. The SMILES string of the molecule is COCc1nc2ccc(-c3ccc(C)nc3)cc2n1Cc1ccccc1OC(F)F. The zero-order valence-corrected chi connectivity index (χ0v) is 16.7. The smallest absolute Gasteiger partial charge is 0.387 e. The number of fused-ring (bicyclic) bond motifs is 1. The van der Waals surface area contributed by atoms with Gasteiger partial charge in [0.1, 0.15) is 18.2 Å². The van der Waals surface area contributed by atoms with Crippen molar-refractivity contribution in [3.05, 3.63) is 77.9 Å². The van der Waals surface area contributed by atoms with Crippen molar-refractivity contribution >= 4 is 11.0 Å². The summed E-state index contributed by atoms with van der Waals surface area (Å²) in [7, 11) is 1.60. The summed E-state index contributed by atoms with van der Waals surface area (Å²) in [5.41, 5.74) is 5.26. The van der Waals surface area contributed by atoms with E-state index in [1.54, 1.807) is 31.4 Å². The van der Waals surface area contributed by atoms with Crippen LogP contribution in [0.15, 0.2) is 60.8 Å². The number of para-hydroxylation sites is 1. The Morgan fingerprint density at radius 3 is 2.57 bits per heavy atom. The summed E-state index contributed by atoms with van der Waals surface area (Å²) in [6.45, 7) is -0.315. The van der Waals surface area contributed by atoms with Crippen LogP contribution in [-0.2, 0) is 17.9 Å². The molecule has 30 heavy (non-hydrogen) atoms. The van der Waals surface area contributed by atoms with Gasteiger partial charge in [0, 0.05) is 30.1 Å². The molecule has 0 amide bonds. The third-order valence-electron chi connectivity index (χ3n) is 4.86. The Kier molecular flexibility index (Phi) is 5.72. The number of aryl methyl sites for hydroxylation is 1. The molecule has 4 rings (SSSR count). The molecule has 2 heterocycles. The lowest BCUT2D eigenvalue weighted by atomic mass is 10.1. The van der Waals surface area contributed by atoms with Crippen molar-refractivity contribution in [2.24, 2.45) is 0 Å². The fourth-order valence-corrected chi connectivity index (χ4v) is 3.42. The summed E-state index contributed by atoms with van der Waals surface area (Å²) in [6.07, 6.45) is 1.83. The van der Waals surface area contributed by atoms with Crippen LogP contribution < -0.4 is 4.74 Å². The topological polar surface area (TPSA) is 49.2 Å². The molecule has 2 aromatic carbocycles. The van der Waals surface area contributed by atoms with Gasteiger partial charge in [0.15, 0.2) is 0 Å². The van der Waals surface area contributed by atoms with Gasteiger partial charge >= 0.3 is 6.61 Å². The van der Waals surface area contributed by atoms with E-state index in [1.165, 1.54) is 0 Å². The molecular weight excluding hydrogens is 388 g/mol. The Bertz CT molecular complexity index is 1160. The number of methoxy groups -OCH3 is 1. The largest absolute Gasteiger partial charge is 0.434 e. The molecule has 0 spiro atoms. The number of benzene rings is 2. The number of rotatable bonds is 7. The average molecular weight is 409 g/mol. The number of ether oxygens (including phenoxy) is 2. The Balaban J connectivity index is 1.80. The molecule has 0 radical (unpaired) electrons. The van der Waals surface area contributed by atoms with E-state index in [1.807, 2.05) is 48.0 Å². The molecular formula is C23H21F2N3O2.